The predicted molar refractivity (Wildman–Crippen MR) is 115 cm³/mol. The third kappa shape index (κ3) is 3.93. The summed E-state index contributed by atoms with van der Waals surface area (Å²) < 4.78 is 46.1. The molecule has 0 bridgehead atoms. The molecule has 10 heteroatoms. The molecule has 0 unspecified atom stereocenters. The minimum Gasteiger partial charge on any atom is -0.465 e. The van der Waals surface area contributed by atoms with Gasteiger partial charge in [-0.1, -0.05) is 18.2 Å². The zero-order valence-corrected chi connectivity index (χ0v) is 18.1. The number of thiophene rings is 1. The molecule has 1 atom stereocenters. The Morgan fingerprint density at radius 3 is 2.58 bits per heavy atom. The molecule has 2 aromatic carbocycles. The van der Waals surface area contributed by atoms with Crippen molar-refractivity contribution in [2.24, 2.45) is 0 Å². The van der Waals surface area contributed by atoms with Gasteiger partial charge in [-0.05, 0) is 43.2 Å². The van der Waals surface area contributed by atoms with Crippen LogP contribution in [0, 0.1) is 5.82 Å². The largest absolute Gasteiger partial charge is 0.465 e. The summed E-state index contributed by atoms with van der Waals surface area (Å²) in [6.07, 6.45) is 0.842. The van der Waals surface area contributed by atoms with Crippen molar-refractivity contribution < 1.29 is 27.1 Å². The fraction of sp³-hybridized carbons (Fsp3) is 0.238. The summed E-state index contributed by atoms with van der Waals surface area (Å²) in [4.78, 5) is 25.5. The number of hydrogen-bond acceptors (Lipinski definition) is 6. The molecule has 162 valence electrons. The molecule has 1 saturated heterocycles. The van der Waals surface area contributed by atoms with E-state index in [1.807, 2.05) is 12.1 Å². The number of nitrogens with one attached hydrogen (secondary N) is 1. The maximum absolute atomic E-state index is 13.2. The number of ether oxygens (including phenoxy) is 1. The summed E-state index contributed by atoms with van der Waals surface area (Å²) in [5.74, 6) is -1.66. The quantitative estimate of drug-likeness (QED) is 0.585. The van der Waals surface area contributed by atoms with Crippen LogP contribution < -0.4 is 5.32 Å². The molecule has 1 N–H and O–H groups in total. The van der Waals surface area contributed by atoms with E-state index in [1.165, 1.54) is 30.6 Å². The molecule has 0 radical (unpaired) electrons. The van der Waals surface area contributed by atoms with Crippen LogP contribution in [-0.2, 0) is 19.6 Å². The molecule has 1 aromatic heterocycles. The average Bonchev–Trinajstić information content (AvgIpc) is 3.40. The second-order valence-electron chi connectivity index (χ2n) is 7.01. The lowest BCUT2D eigenvalue weighted by molar-refractivity contribution is -0.119. The van der Waals surface area contributed by atoms with E-state index in [0.717, 1.165) is 21.1 Å². The molecule has 4 rings (SSSR count). The lowest BCUT2D eigenvalue weighted by atomic mass is 10.2. The van der Waals surface area contributed by atoms with Gasteiger partial charge in [0.1, 0.15) is 16.7 Å². The number of anilines is 1. The van der Waals surface area contributed by atoms with Gasteiger partial charge in [0.2, 0.25) is 15.9 Å². The third-order valence-electron chi connectivity index (χ3n) is 5.14. The second-order valence-corrected chi connectivity index (χ2v) is 9.95. The maximum atomic E-state index is 13.2. The first-order valence-corrected chi connectivity index (χ1v) is 11.8. The van der Waals surface area contributed by atoms with E-state index in [4.69, 9.17) is 4.74 Å². The molecule has 1 fully saturated rings. The molecule has 1 amide bonds. The number of amides is 1. The summed E-state index contributed by atoms with van der Waals surface area (Å²) in [6, 6.07) is 10.7. The number of esters is 1. The number of benzene rings is 2. The first-order valence-electron chi connectivity index (χ1n) is 9.51. The molecule has 7 nitrogen and oxygen atoms in total. The van der Waals surface area contributed by atoms with Gasteiger partial charge in [0.15, 0.2) is 0 Å². The fourth-order valence-electron chi connectivity index (χ4n) is 3.64. The number of sulfonamides is 1. The lowest BCUT2D eigenvalue weighted by Crippen LogP contribution is -2.43. The first-order chi connectivity index (χ1) is 14.8. The van der Waals surface area contributed by atoms with E-state index in [0.29, 0.717) is 23.9 Å². The number of nitrogens with zero attached hydrogens (tertiary/aromatic N) is 1. The van der Waals surface area contributed by atoms with Crippen LogP contribution in [0.15, 0.2) is 53.4 Å². The molecule has 31 heavy (non-hydrogen) atoms. The van der Waals surface area contributed by atoms with Crippen molar-refractivity contribution in [3.05, 3.63) is 59.2 Å². The van der Waals surface area contributed by atoms with Crippen molar-refractivity contribution in [1.82, 2.24) is 4.31 Å². The summed E-state index contributed by atoms with van der Waals surface area (Å²) in [6.45, 7) is 0.173. The molecular weight excluding hydrogens is 443 g/mol. The summed E-state index contributed by atoms with van der Waals surface area (Å²) in [5.41, 5.74) is 0.309. The van der Waals surface area contributed by atoms with Crippen LogP contribution >= 0.6 is 11.3 Å². The lowest BCUT2D eigenvalue weighted by Gasteiger charge is -2.23. The van der Waals surface area contributed by atoms with Crippen LogP contribution in [0.3, 0.4) is 0 Å². The van der Waals surface area contributed by atoms with Gasteiger partial charge >= 0.3 is 5.97 Å². The smallest absolute Gasteiger partial charge is 0.350 e. The summed E-state index contributed by atoms with van der Waals surface area (Å²) in [5, 5.41) is 3.43. The van der Waals surface area contributed by atoms with E-state index < -0.39 is 33.8 Å². The standard InChI is InChI=1S/C21H19FN2O5S2/c1-29-21(26)19-18(15-5-2-3-7-17(15)30-19)23-20(25)16-6-4-12-24(16)31(27,28)14-10-8-13(22)9-11-14/h2-3,5,7-11,16H,4,6,12H2,1H3,(H,23,25)/t16-/m1/s1. The number of halogens is 1. The Kier molecular flexibility index (Phi) is 5.78. The predicted octanol–water partition coefficient (Wildman–Crippen LogP) is 3.62. The van der Waals surface area contributed by atoms with Crippen LogP contribution in [0.5, 0.6) is 0 Å². The Labute approximate surface area is 182 Å². The second kappa shape index (κ2) is 8.37. The van der Waals surface area contributed by atoms with Crippen molar-refractivity contribution in [2.75, 3.05) is 19.0 Å². The van der Waals surface area contributed by atoms with E-state index in [9.17, 15) is 22.4 Å². The van der Waals surface area contributed by atoms with Crippen molar-refractivity contribution in [2.45, 2.75) is 23.8 Å². The van der Waals surface area contributed by atoms with Crippen LogP contribution in [0.2, 0.25) is 0 Å². The zero-order valence-electron chi connectivity index (χ0n) is 16.5. The van der Waals surface area contributed by atoms with Gasteiger partial charge in [-0.3, -0.25) is 4.79 Å². The monoisotopic (exact) mass is 462 g/mol. The Morgan fingerprint density at radius 2 is 1.87 bits per heavy atom. The minimum atomic E-state index is -3.99. The summed E-state index contributed by atoms with van der Waals surface area (Å²) in [7, 11) is -2.73. The molecule has 0 aliphatic carbocycles. The van der Waals surface area contributed by atoms with Crippen molar-refractivity contribution >= 4 is 49.0 Å². The molecule has 0 spiro atoms. The Balaban J connectivity index is 1.66. The normalized spacial score (nSPS) is 17.0. The highest BCUT2D eigenvalue weighted by Gasteiger charge is 2.40. The third-order valence-corrected chi connectivity index (χ3v) is 8.21. The van der Waals surface area contributed by atoms with Gasteiger partial charge in [-0.25, -0.2) is 17.6 Å². The van der Waals surface area contributed by atoms with E-state index in [2.05, 4.69) is 5.32 Å². The average molecular weight is 463 g/mol. The molecule has 0 saturated carbocycles. The van der Waals surface area contributed by atoms with Gasteiger partial charge in [0.05, 0.1) is 17.7 Å². The minimum absolute atomic E-state index is 0.0789. The van der Waals surface area contributed by atoms with Gasteiger partial charge in [-0.15, -0.1) is 11.3 Å². The molecule has 1 aliphatic rings. The fourth-order valence-corrected chi connectivity index (χ4v) is 6.38. The highest BCUT2D eigenvalue weighted by atomic mass is 32.2. The number of rotatable bonds is 5. The first kappa shape index (κ1) is 21.4. The topological polar surface area (TPSA) is 92.8 Å². The van der Waals surface area contributed by atoms with Gasteiger partial charge in [-0.2, -0.15) is 4.31 Å². The SMILES string of the molecule is COC(=O)c1sc2ccccc2c1NC(=O)[C@H]1CCCN1S(=O)(=O)c1ccc(F)cc1. The number of fused-ring (bicyclic) bond motifs is 1. The highest BCUT2D eigenvalue weighted by Crippen LogP contribution is 2.37. The van der Waals surface area contributed by atoms with Crippen LogP contribution in [-0.4, -0.2) is 44.3 Å². The molecular formula is C21H19FN2O5S2. The van der Waals surface area contributed by atoms with Crippen molar-refractivity contribution in [3.8, 4) is 0 Å². The molecule has 2 heterocycles. The van der Waals surface area contributed by atoms with Crippen LogP contribution in [0.25, 0.3) is 10.1 Å². The van der Waals surface area contributed by atoms with Gasteiger partial charge in [0, 0.05) is 16.6 Å². The van der Waals surface area contributed by atoms with Crippen LogP contribution in [0.4, 0.5) is 10.1 Å². The van der Waals surface area contributed by atoms with Crippen LogP contribution in [0.1, 0.15) is 22.5 Å². The van der Waals surface area contributed by atoms with Gasteiger partial charge in [0.25, 0.3) is 0 Å². The van der Waals surface area contributed by atoms with Crippen molar-refractivity contribution in [3.63, 3.8) is 0 Å². The maximum Gasteiger partial charge on any atom is 0.350 e. The number of carbonyl (C=O) groups excluding carboxylic acids is 2. The van der Waals surface area contributed by atoms with E-state index in [-0.39, 0.29) is 16.3 Å². The zero-order chi connectivity index (χ0) is 22.2. The Morgan fingerprint density at radius 1 is 1.16 bits per heavy atom. The summed E-state index contributed by atoms with van der Waals surface area (Å²) >= 11 is 1.19. The van der Waals surface area contributed by atoms with E-state index >= 15 is 0 Å². The Bertz CT molecular complexity index is 1250. The molecule has 1 aliphatic heterocycles. The number of methoxy groups -OCH3 is 1. The highest BCUT2D eigenvalue weighted by molar-refractivity contribution is 7.89. The molecule has 3 aromatic rings. The number of carbonyl (C=O) groups is 2. The number of hydrogen-bond donors (Lipinski definition) is 1. The van der Waals surface area contributed by atoms with E-state index in [1.54, 1.807) is 12.1 Å². The Hall–Kier alpha value is -2.82. The van der Waals surface area contributed by atoms with Crippen molar-refractivity contribution in [1.29, 1.82) is 0 Å². The van der Waals surface area contributed by atoms with Gasteiger partial charge < -0.3 is 10.1 Å².